The molecule has 0 radical (unpaired) electrons. The first-order valence-corrected chi connectivity index (χ1v) is 12.3. The van der Waals surface area contributed by atoms with Gasteiger partial charge in [-0.3, -0.25) is 14.9 Å². The molecule has 178 valence electrons. The number of hydrogen-bond acceptors (Lipinski definition) is 4. The van der Waals surface area contributed by atoms with Crippen molar-refractivity contribution >= 4 is 55.4 Å². The lowest BCUT2D eigenvalue weighted by Crippen LogP contribution is -2.28. The van der Waals surface area contributed by atoms with Crippen molar-refractivity contribution in [2.24, 2.45) is 0 Å². The molecule has 7 heteroatoms. The largest absolute Gasteiger partial charge is 0.353 e. The van der Waals surface area contributed by atoms with E-state index in [4.69, 9.17) is 9.47 Å². The Morgan fingerprint density at radius 2 is 1.61 bits per heavy atom. The Bertz CT molecular complexity index is 1840. The van der Waals surface area contributed by atoms with Crippen molar-refractivity contribution < 1.29 is 19.1 Å². The van der Waals surface area contributed by atoms with Crippen LogP contribution >= 0.6 is 0 Å². The highest BCUT2D eigenvalue weighted by Crippen LogP contribution is 2.46. The molecule has 1 aliphatic carbocycles. The minimum atomic E-state index is -0.626. The zero-order chi connectivity index (χ0) is 24.3. The number of carbonyl (C=O) groups excluding carboxylic acids is 2. The number of rotatable bonds is 1. The van der Waals surface area contributed by atoms with Crippen molar-refractivity contribution in [1.29, 1.82) is 0 Å². The average Bonchev–Trinajstić information content (AvgIpc) is 3.56. The third kappa shape index (κ3) is 2.49. The third-order valence-electron chi connectivity index (χ3n) is 7.83. The summed E-state index contributed by atoms with van der Waals surface area (Å²) in [5.41, 5.74) is 4.65. The van der Waals surface area contributed by atoms with Gasteiger partial charge < -0.3 is 19.0 Å². The lowest BCUT2D eigenvalue weighted by molar-refractivity contribution is -0.143. The second-order valence-electron chi connectivity index (χ2n) is 10.4. The molecule has 1 saturated heterocycles. The molecule has 2 aromatic heterocycles. The molecule has 0 bridgehead atoms. The Balaban J connectivity index is 1.53. The van der Waals surface area contributed by atoms with Gasteiger partial charge in [-0.15, -0.1) is 0 Å². The Labute approximate surface area is 205 Å². The van der Waals surface area contributed by atoms with E-state index in [0.29, 0.717) is 11.1 Å². The molecule has 1 fully saturated rings. The zero-order valence-electron chi connectivity index (χ0n) is 19.8. The van der Waals surface area contributed by atoms with Gasteiger partial charge in [0.15, 0.2) is 5.79 Å². The van der Waals surface area contributed by atoms with Gasteiger partial charge in [0.25, 0.3) is 11.8 Å². The van der Waals surface area contributed by atoms with Crippen molar-refractivity contribution in [3.63, 3.8) is 0 Å². The van der Waals surface area contributed by atoms with Crippen molar-refractivity contribution in [1.82, 2.24) is 14.9 Å². The van der Waals surface area contributed by atoms with Gasteiger partial charge in [-0.05, 0) is 26.0 Å². The molecule has 4 heterocycles. The van der Waals surface area contributed by atoms with E-state index in [2.05, 4.69) is 33.1 Å². The Hall–Kier alpha value is -3.94. The van der Waals surface area contributed by atoms with Gasteiger partial charge in [0, 0.05) is 39.0 Å². The van der Waals surface area contributed by atoms with Crippen LogP contribution in [0.4, 0.5) is 0 Å². The molecule has 3 aliphatic rings. The molecule has 2 N–H and O–H groups in total. The standard InChI is InChI=1S/C29H23N3O4/c1-29(2)35-19-12-11-14(13-20(19)36-29)32-18-10-6-4-8-16(18)22-24-23(27(33)31-28(24)34)21-15-7-3-5-9-17(15)30-25(21)26(22)32/h3-12,14,19-20,30H,13H2,1-2H3,(H,31,33,34). The fourth-order valence-corrected chi connectivity index (χ4v) is 6.57. The van der Waals surface area contributed by atoms with Crippen molar-refractivity contribution in [2.75, 3.05) is 0 Å². The summed E-state index contributed by atoms with van der Waals surface area (Å²) in [6.07, 6.45) is 4.88. The SMILES string of the molecule is CC1(C)OC2C=CC(n3c4ccccc4c4c5c(c6c7ccccc7[nH]c6c43)C(=O)NC5=O)CC2O1. The van der Waals surface area contributed by atoms with Crippen LogP contribution in [0.5, 0.6) is 0 Å². The number of aromatic nitrogens is 2. The summed E-state index contributed by atoms with van der Waals surface area (Å²) in [7, 11) is 0. The van der Waals surface area contributed by atoms with E-state index in [1.807, 2.05) is 56.3 Å². The maximum atomic E-state index is 13.2. The van der Waals surface area contributed by atoms with Crippen LogP contribution in [0.1, 0.15) is 47.0 Å². The summed E-state index contributed by atoms with van der Waals surface area (Å²) >= 11 is 0. The van der Waals surface area contributed by atoms with Crippen LogP contribution in [0.15, 0.2) is 60.7 Å². The van der Waals surface area contributed by atoms with Crippen LogP contribution in [0, 0.1) is 0 Å². The van der Waals surface area contributed by atoms with E-state index in [9.17, 15) is 9.59 Å². The lowest BCUT2D eigenvalue weighted by atomic mass is 9.95. The molecular formula is C29H23N3O4. The van der Waals surface area contributed by atoms with E-state index in [-0.39, 0.29) is 30.1 Å². The van der Waals surface area contributed by atoms with Gasteiger partial charge >= 0.3 is 0 Å². The average molecular weight is 478 g/mol. The van der Waals surface area contributed by atoms with E-state index < -0.39 is 5.79 Å². The maximum absolute atomic E-state index is 13.2. The van der Waals surface area contributed by atoms with Gasteiger partial charge in [0.1, 0.15) is 6.10 Å². The lowest BCUT2D eigenvalue weighted by Gasteiger charge is -2.27. The van der Waals surface area contributed by atoms with Gasteiger partial charge in [0.05, 0.1) is 34.3 Å². The van der Waals surface area contributed by atoms with Gasteiger partial charge in [-0.25, -0.2) is 0 Å². The number of H-pyrrole nitrogens is 1. The summed E-state index contributed by atoms with van der Waals surface area (Å²) in [6.45, 7) is 3.89. The number of amides is 2. The normalized spacial score (nSPS) is 24.8. The molecule has 2 aliphatic heterocycles. The van der Waals surface area contributed by atoms with Crippen molar-refractivity contribution in [3.05, 3.63) is 71.8 Å². The number of fused-ring (bicyclic) bond motifs is 11. The molecule has 2 amide bonds. The Morgan fingerprint density at radius 3 is 2.44 bits per heavy atom. The van der Waals surface area contributed by atoms with Crippen LogP contribution < -0.4 is 5.32 Å². The van der Waals surface area contributed by atoms with Crippen molar-refractivity contribution in [2.45, 2.75) is 44.3 Å². The maximum Gasteiger partial charge on any atom is 0.259 e. The van der Waals surface area contributed by atoms with E-state index in [0.717, 1.165) is 50.0 Å². The quantitative estimate of drug-likeness (QED) is 0.252. The first kappa shape index (κ1) is 20.3. The third-order valence-corrected chi connectivity index (χ3v) is 7.83. The van der Waals surface area contributed by atoms with Crippen molar-refractivity contribution in [3.8, 4) is 0 Å². The number of benzene rings is 3. The minimum absolute atomic E-state index is 0.0148. The zero-order valence-corrected chi connectivity index (χ0v) is 19.8. The summed E-state index contributed by atoms with van der Waals surface area (Å²) in [6, 6.07) is 16.0. The molecule has 3 atom stereocenters. The summed E-state index contributed by atoms with van der Waals surface area (Å²) in [4.78, 5) is 29.9. The second-order valence-corrected chi connectivity index (χ2v) is 10.4. The van der Waals surface area contributed by atoms with Crippen LogP contribution in [-0.4, -0.2) is 39.4 Å². The summed E-state index contributed by atoms with van der Waals surface area (Å²) < 4.78 is 14.6. The highest BCUT2D eigenvalue weighted by Gasteiger charge is 2.44. The second kappa shape index (κ2) is 6.63. The molecule has 3 unspecified atom stereocenters. The van der Waals surface area contributed by atoms with Crippen LogP contribution in [-0.2, 0) is 9.47 Å². The number of nitrogens with one attached hydrogen (secondary N) is 2. The first-order valence-electron chi connectivity index (χ1n) is 12.3. The van der Waals surface area contributed by atoms with Gasteiger partial charge in [-0.1, -0.05) is 48.6 Å². The number of allylic oxidation sites excluding steroid dienone is 1. The molecule has 7 nitrogen and oxygen atoms in total. The molecule has 3 aromatic carbocycles. The highest BCUT2D eigenvalue weighted by atomic mass is 16.7. The summed E-state index contributed by atoms with van der Waals surface area (Å²) in [5.74, 6) is -1.31. The Morgan fingerprint density at radius 1 is 0.889 bits per heavy atom. The molecule has 8 rings (SSSR count). The topological polar surface area (TPSA) is 85.4 Å². The predicted octanol–water partition coefficient (Wildman–Crippen LogP) is 5.33. The molecular weight excluding hydrogens is 454 g/mol. The summed E-state index contributed by atoms with van der Waals surface area (Å²) in [5, 5.41) is 6.05. The molecule has 0 saturated carbocycles. The predicted molar refractivity (Wildman–Crippen MR) is 137 cm³/mol. The number of para-hydroxylation sites is 2. The van der Waals surface area contributed by atoms with E-state index >= 15 is 0 Å². The van der Waals surface area contributed by atoms with E-state index in [1.54, 1.807) is 0 Å². The highest BCUT2D eigenvalue weighted by molar-refractivity contribution is 6.39. The number of ether oxygens (including phenoxy) is 2. The Kier molecular flexibility index (Phi) is 3.73. The molecule has 36 heavy (non-hydrogen) atoms. The fourth-order valence-electron chi connectivity index (χ4n) is 6.57. The van der Waals surface area contributed by atoms with Gasteiger partial charge in [-0.2, -0.15) is 0 Å². The van der Waals surface area contributed by atoms with Crippen LogP contribution in [0.3, 0.4) is 0 Å². The number of hydrogen-bond donors (Lipinski definition) is 2. The number of carbonyl (C=O) groups is 2. The number of imide groups is 1. The minimum Gasteiger partial charge on any atom is -0.353 e. The van der Waals surface area contributed by atoms with Gasteiger partial charge in [0.2, 0.25) is 0 Å². The smallest absolute Gasteiger partial charge is 0.259 e. The van der Waals surface area contributed by atoms with Crippen LogP contribution in [0.2, 0.25) is 0 Å². The number of nitrogens with zero attached hydrogens (tertiary/aromatic N) is 1. The van der Waals surface area contributed by atoms with E-state index in [1.165, 1.54) is 0 Å². The molecule has 5 aromatic rings. The molecule has 0 spiro atoms. The fraction of sp³-hybridized carbons (Fsp3) is 0.241. The number of aromatic amines is 1. The van der Waals surface area contributed by atoms with Crippen LogP contribution in [0.25, 0.3) is 43.6 Å². The monoisotopic (exact) mass is 477 g/mol. The first-order chi connectivity index (χ1) is 17.4.